The molecule has 12 heteroatoms. The lowest BCUT2D eigenvalue weighted by Crippen LogP contribution is -2.35. The molecule has 4 N–H and O–H groups in total. The van der Waals surface area contributed by atoms with Gasteiger partial charge in [0, 0.05) is 23.2 Å². The van der Waals surface area contributed by atoms with Gasteiger partial charge in [0.2, 0.25) is 20.0 Å². The molecule has 0 aliphatic heterocycles. The average molecular weight is 386 g/mol. The molecule has 0 radical (unpaired) electrons. The highest BCUT2D eigenvalue weighted by Gasteiger charge is 2.25. The van der Waals surface area contributed by atoms with E-state index in [1.54, 1.807) is 0 Å². The molecule has 0 heterocycles. The van der Waals surface area contributed by atoms with Crippen molar-refractivity contribution in [2.45, 2.75) is 38.8 Å². The second-order valence-corrected chi connectivity index (χ2v) is 9.12. The van der Waals surface area contributed by atoms with E-state index in [0.29, 0.717) is 0 Å². The minimum absolute atomic E-state index is 0.365. The van der Waals surface area contributed by atoms with Crippen molar-refractivity contribution in [2.75, 3.05) is 12.5 Å². The van der Waals surface area contributed by atoms with Gasteiger partial charge in [-0.3, -0.25) is 0 Å². The number of carboxylic acids is 2. The Morgan fingerprint density at radius 2 is 1.04 bits per heavy atom. The van der Waals surface area contributed by atoms with Gasteiger partial charge in [0.15, 0.2) is 0 Å². The molecule has 2 atom stereocenters. The van der Waals surface area contributed by atoms with Gasteiger partial charge in [-0.2, -0.15) is 0 Å². The molecular weight excluding hydrogens is 364 g/mol. The summed E-state index contributed by atoms with van der Waals surface area (Å²) >= 11 is 0. The van der Waals surface area contributed by atoms with Crippen LogP contribution in [0.2, 0.25) is 0 Å². The highest BCUT2D eigenvalue weighted by atomic mass is 32.2. The van der Waals surface area contributed by atoms with Crippen molar-refractivity contribution < 1.29 is 36.6 Å². The fraction of sp³-hybridized carbons (Fsp3) is 0.667. The summed E-state index contributed by atoms with van der Waals surface area (Å²) in [4.78, 5) is 22.8. The average Bonchev–Trinajstić information content (AvgIpc) is 2.28. The SMILES string of the molecule is C[C@@H](CC(C(=O)O)=C(C[C@H](C)NS(C)(=O)=O)C(=O)O)NS(C)(=O)=O. The highest BCUT2D eigenvalue weighted by molar-refractivity contribution is 7.89. The maximum atomic E-state index is 11.4. The van der Waals surface area contributed by atoms with Crippen LogP contribution in [0.5, 0.6) is 0 Å². The van der Waals surface area contributed by atoms with Crippen LogP contribution < -0.4 is 9.44 Å². The number of hydrogen-bond acceptors (Lipinski definition) is 6. The van der Waals surface area contributed by atoms with E-state index in [2.05, 4.69) is 9.44 Å². The first kappa shape index (κ1) is 22.5. The Morgan fingerprint density at radius 3 is 1.21 bits per heavy atom. The first-order chi connectivity index (χ1) is 10.6. The summed E-state index contributed by atoms with van der Waals surface area (Å²) in [5.74, 6) is -3.03. The Hall–Kier alpha value is -1.50. The molecule has 0 amide bonds. The van der Waals surface area contributed by atoms with Gasteiger partial charge in [-0.15, -0.1) is 0 Å². The van der Waals surface area contributed by atoms with Crippen LogP contribution in [0.1, 0.15) is 26.7 Å². The molecule has 0 saturated heterocycles. The molecule has 0 spiro atoms. The van der Waals surface area contributed by atoms with Crippen LogP contribution in [0.15, 0.2) is 11.1 Å². The molecule has 0 aliphatic rings. The monoisotopic (exact) mass is 386 g/mol. The molecule has 0 saturated carbocycles. The van der Waals surface area contributed by atoms with E-state index < -0.39 is 55.2 Å². The van der Waals surface area contributed by atoms with E-state index in [4.69, 9.17) is 0 Å². The lowest BCUT2D eigenvalue weighted by atomic mass is 9.97. The van der Waals surface area contributed by atoms with Gasteiger partial charge in [0.25, 0.3) is 0 Å². The predicted molar refractivity (Wildman–Crippen MR) is 86.4 cm³/mol. The third kappa shape index (κ3) is 9.60. The highest BCUT2D eigenvalue weighted by Crippen LogP contribution is 2.18. The molecule has 0 aromatic carbocycles. The van der Waals surface area contributed by atoms with Crippen molar-refractivity contribution in [1.29, 1.82) is 0 Å². The summed E-state index contributed by atoms with van der Waals surface area (Å²) in [5, 5.41) is 18.5. The van der Waals surface area contributed by atoms with Crippen molar-refractivity contribution >= 4 is 32.0 Å². The van der Waals surface area contributed by atoms with E-state index >= 15 is 0 Å². The zero-order valence-corrected chi connectivity index (χ0v) is 15.4. The smallest absolute Gasteiger partial charge is 0.332 e. The fourth-order valence-corrected chi connectivity index (χ4v) is 3.73. The minimum atomic E-state index is -3.59. The van der Waals surface area contributed by atoms with E-state index in [9.17, 15) is 36.6 Å². The number of carbonyl (C=O) groups is 2. The Labute approximate surface area is 141 Å². The summed E-state index contributed by atoms with van der Waals surface area (Å²) in [5.41, 5.74) is -0.985. The van der Waals surface area contributed by atoms with Crippen LogP contribution in [0, 0.1) is 0 Å². The molecule has 0 fully saturated rings. The van der Waals surface area contributed by atoms with Gasteiger partial charge < -0.3 is 10.2 Å². The number of carboxylic acid groups (broad SMARTS) is 2. The van der Waals surface area contributed by atoms with Gasteiger partial charge in [-0.05, 0) is 26.7 Å². The molecule has 0 aromatic rings. The summed E-state index contributed by atoms with van der Waals surface area (Å²) in [7, 11) is -7.18. The number of nitrogens with one attached hydrogen (secondary N) is 2. The quantitative estimate of drug-likeness (QED) is 0.351. The van der Waals surface area contributed by atoms with Crippen LogP contribution in [-0.4, -0.2) is 63.6 Å². The molecule has 10 nitrogen and oxygen atoms in total. The number of hydrogen-bond donors (Lipinski definition) is 4. The van der Waals surface area contributed by atoms with Gasteiger partial charge in [0.1, 0.15) is 0 Å². The number of rotatable bonds is 10. The van der Waals surface area contributed by atoms with Crippen molar-refractivity contribution in [3.8, 4) is 0 Å². The van der Waals surface area contributed by atoms with E-state index in [-0.39, 0.29) is 12.8 Å². The second kappa shape index (κ2) is 8.55. The van der Waals surface area contributed by atoms with Gasteiger partial charge in [-0.25, -0.2) is 35.9 Å². The van der Waals surface area contributed by atoms with E-state index in [1.807, 2.05) is 0 Å². The van der Waals surface area contributed by atoms with Crippen molar-refractivity contribution in [1.82, 2.24) is 9.44 Å². The predicted octanol–water partition coefficient (Wildman–Crippen LogP) is -0.892. The van der Waals surface area contributed by atoms with Crippen molar-refractivity contribution in [3.63, 3.8) is 0 Å². The summed E-state index contributed by atoms with van der Waals surface area (Å²) in [6.07, 6.45) is 1.05. The van der Waals surface area contributed by atoms with Crippen molar-refractivity contribution in [3.05, 3.63) is 11.1 Å². The maximum Gasteiger partial charge on any atom is 0.332 e. The summed E-state index contributed by atoms with van der Waals surface area (Å²) in [6, 6.07) is -1.70. The Morgan fingerprint density at radius 1 is 0.792 bits per heavy atom. The molecule has 0 rings (SSSR count). The van der Waals surface area contributed by atoms with Crippen LogP contribution in [0.3, 0.4) is 0 Å². The topological polar surface area (TPSA) is 167 Å². The largest absolute Gasteiger partial charge is 0.478 e. The van der Waals surface area contributed by atoms with E-state index in [1.165, 1.54) is 13.8 Å². The minimum Gasteiger partial charge on any atom is -0.478 e. The van der Waals surface area contributed by atoms with Crippen LogP contribution in [-0.2, 0) is 29.6 Å². The van der Waals surface area contributed by atoms with Gasteiger partial charge in [-0.1, -0.05) is 0 Å². The zero-order valence-electron chi connectivity index (χ0n) is 13.7. The summed E-state index contributed by atoms with van der Waals surface area (Å²) in [6.45, 7) is 2.78. The van der Waals surface area contributed by atoms with Crippen molar-refractivity contribution in [2.24, 2.45) is 0 Å². The molecule has 0 aromatic heterocycles. The van der Waals surface area contributed by atoms with Gasteiger partial charge >= 0.3 is 11.9 Å². The van der Waals surface area contributed by atoms with Gasteiger partial charge in [0.05, 0.1) is 12.5 Å². The lowest BCUT2D eigenvalue weighted by molar-refractivity contribution is -0.136. The normalized spacial score (nSPS) is 16.2. The number of sulfonamides is 2. The third-order valence-electron chi connectivity index (χ3n) is 2.73. The Bertz CT molecular complexity index is 662. The van der Waals surface area contributed by atoms with E-state index in [0.717, 1.165) is 12.5 Å². The first-order valence-corrected chi connectivity index (χ1v) is 10.5. The maximum absolute atomic E-state index is 11.4. The molecule has 140 valence electrons. The fourth-order valence-electron chi connectivity index (χ4n) is 2.11. The Kier molecular flexibility index (Phi) is 8.02. The standard InChI is InChI=1S/C12H22N2O8S2/c1-7(13-23(3,19)20)5-9(11(15)16)10(12(17)18)6-8(2)14-24(4,21)22/h7-8,13-14H,5-6H2,1-4H3,(H,15,16)(H,17,18)/t7-,8-/m0/s1. The van der Waals surface area contributed by atoms with Crippen LogP contribution >= 0.6 is 0 Å². The zero-order chi connectivity index (χ0) is 19.3. The van der Waals surface area contributed by atoms with Crippen LogP contribution in [0.25, 0.3) is 0 Å². The van der Waals surface area contributed by atoms with Crippen LogP contribution in [0.4, 0.5) is 0 Å². The molecule has 0 bridgehead atoms. The molecule has 0 aliphatic carbocycles. The third-order valence-corrected chi connectivity index (χ3v) is 4.39. The second-order valence-electron chi connectivity index (χ2n) is 5.56. The Balaban J connectivity index is 5.59. The molecule has 24 heavy (non-hydrogen) atoms. The molecular formula is C12H22N2O8S2. The first-order valence-electron chi connectivity index (χ1n) is 6.75. The lowest BCUT2D eigenvalue weighted by Gasteiger charge is -2.17. The molecule has 0 unspecified atom stereocenters. The number of aliphatic carboxylic acids is 2. The summed E-state index contributed by atoms with van der Waals surface area (Å²) < 4.78 is 49.0.